The third kappa shape index (κ3) is 6.36. The predicted octanol–water partition coefficient (Wildman–Crippen LogP) is 11.7. The molecule has 0 heterocycles. The van der Waals surface area contributed by atoms with Gasteiger partial charge in [0.25, 0.3) is 0 Å². The van der Waals surface area contributed by atoms with Crippen molar-refractivity contribution in [3.63, 3.8) is 0 Å². The molecule has 0 atom stereocenters. The lowest BCUT2D eigenvalue weighted by molar-refractivity contribution is 1.06. The van der Waals surface area contributed by atoms with Crippen LogP contribution in [0.2, 0.25) is 0 Å². The fraction of sp³-hybridized carbons (Fsp3) is 0.0222. The quantitative estimate of drug-likeness (QED) is 0.122. The summed E-state index contributed by atoms with van der Waals surface area (Å²) >= 11 is 0. The van der Waals surface area contributed by atoms with Gasteiger partial charge < -0.3 is 0 Å². The van der Waals surface area contributed by atoms with E-state index in [1.54, 1.807) is 0 Å². The highest BCUT2D eigenvalue weighted by Gasteiger charge is 2.23. The van der Waals surface area contributed by atoms with Crippen molar-refractivity contribution in [2.75, 3.05) is 0 Å². The van der Waals surface area contributed by atoms with Crippen LogP contribution in [0.5, 0.6) is 0 Å². The molecule has 0 radical (unpaired) electrons. The summed E-state index contributed by atoms with van der Waals surface area (Å²) in [6.45, 7) is 4.43. The number of rotatable bonds is 8. The van der Waals surface area contributed by atoms with E-state index in [4.69, 9.17) is 4.99 Å². The van der Waals surface area contributed by atoms with Crippen LogP contribution in [0.15, 0.2) is 192 Å². The van der Waals surface area contributed by atoms with Gasteiger partial charge >= 0.3 is 0 Å². The Kier molecular flexibility index (Phi) is 8.74. The van der Waals surface area contributed by atoms with Crippen molar-refractivity contribution in [2.24, 2.45) is 9.98 Å². The van der Waals surface area contributed by atoms with Crippen LogP contribution in [0.25, 0.3) is 55.6 Å². The van der Waals surface area contributed by atoms with Crippen LogP contribution in [0.4, 0.5) is 0 Å². The Balaban J connectivity index is 1.54. The first-order valence-electron chi connectivity index (χ1n) is 15.9. The summed E-state index contributed by atoms with van der Waals surface area (Å²) in [4.78, 5) is 9.24. The second kappa shape index (κ2) is 13.9. The molecule has 7 aromatic carbocycles. The van der Waals surface area contributed by atoms with E-state index in [0.29, 0.717) is 12.4 Å². The number of nitrogens with zero attached hydrogens (tertiary/aromatic N) is 2. The predicted molar refractivity (Wildman–Crippen MR) is 200 cm³/mol. The highest BCUT2D eigenvalue weighted by molar-refractivity contribution is 6.08. The van der Waals surface area contributed by atoms with Gasteiger partial charge in [-0.25, -0.2) is 4.99 Å². The highest BCUT2D eigenvalue weighted by Crippen LogP contribution is 2.50. The van der Waals surface area contributed by atoms with Crippen molar-refractivity contribution in [1.82, 2.24) is 0 Å². The summed E-state index contributed by atoms with van der Waals surface area (Å²) in [6, 6.07) is 64.1. The number of aliphatic imine (C=N–C) groups is 2. The van der Waals surface area contributed by atoms with Crippen molar-refractivity contribution in [1.29, 1.82) is 0 Å². The maximum Gasteiger partial charge on any atom is 0.154 e. The first-order chi connectivity index (χ1) is 23.3. The Morgan fingerprint density at radius 1 is 0.404 bits per heavy atom. The van der Waals surface area contributed by atoms with E-state index in [0.717, 1.165) is 27.8 Å². The molecule has 0 fully saturated rings. The zero-order valence-corrected chi connectivity index (χ0v) is 26.1. The van der Waals surface area contributed by atoms with Crippen LogP contribution in [0, 0.1) is 0 Å². The number of hydrogen-bond donors (Lipinski definition) is 0. The second-order valence-electron chi connectivity index (χ2n) is 11.4. The topological polar surface area (TPSA) is 24.7 Å². The molecule has 2 heteroatoms. The maximum atomic E-state index is 4.87. The van der Waals surface area contributed by atoms with E-state index in [1.165, 1.54) is 38.9 Å². The first kappa shape index (κ1) is 29.6. The molecule has 47 heavy (non-hydrogen) atoms. The van der Waals surface area contributed by atoms with E-state index >= 15 is 0 Å². The lowest BCUT2D eigenvalue weighted by Gasteiger charge is -2.24. The van der Waals surface area contributed by atoms with Gasteiger partial charge in [-0.3, -0.25) is 4.99 Å². The van der Waals surface area contributed by atoms with E-state index in [9.17, 15) is 0 Å². The number of benzene rings is 7. The first-order valence-corrected chi connectivity index (χ1v) is 15.9. The van der Waals surface area contributed by atoms with Gasteiger partial charge in [-0.1, -0.05) is 170 Å². The van der Waals surface area contributed by atoms with Crippen molar-refractivity contribution in [2.45, 2.75) is 6.54 Å². The lowest BCUT2D eigenvalue weighted by atomic mass is 9.79. The van der Waals surface area contributed by atoms with Gasteiger partial charge in [-0.15, -0.1) is 0 Å². The van der Waals surface area contributed by atoms with Gasteiger partial charge in [0.05, 0.1) is 6.54 Å². The summed E-state index contributed by atoms with van der Waals surface area (Å²) in [7, 11) is 0. The van der Waals surface area contributed by atoms with Gasteiger partial charge in [0, 0.05) is 5.56 Å². The lowest BCUT2D eigenvalue weighted by Crippen LogP contribution is -2.00. The Morgan fingerprint density at radius 2 is 0.830 bits per heavy atom. The molecule has 0 N–H and O–H groups in total. The molecule has 0 aromatic heterocycles. The van der Waals surface area contributed by atoms with Gasteiger partial charge in [0.15, 0.2) is 5.84 Å². The molecule has 0 saturated carbocycles. The van der Waals surface area contributed by atoms with Crippen LogP contribution >= 0.6 is 0 Å². The summed E-state index contributed by atoms with van der Waals surface area (Å²) < 4.78 is 0. The minimum absolute atomic E-state index is 0.538. The monoisotopic (exact) mass is 602 g/mol. The molecular weight excluding hydrogens is 569 g/mol. The van der Waals surface area contributed by atoms with Crippen molar-refractivity contribution < 1.29 is 0 Å². The summed E-state index contributed by atoms with van der Waals surface area (Å²) in [5.41, 5.74) is 13.7. The zero-order valence-electron chi connectivity index (χ0n) is 26.1. The van der Waals surface area contributed by atoms with Gasteiger partial charge in [0.1, 0.15) is 0 Å². The molecular formula is C45H34N2. The fourth-order valence-electron chi connectivity index (χ4n) is 6.27. The Bertz CT molecular complexity index is 2140. The Hall–Kier alpha value is -6.12. The molecule has 224 valence electrons. The van der Waals surface area contributed by atoms with Gasteiger partial charge in [0.2, 0.25) is 0 Å². The van der Waals surface area contributed by atoms with Crippen molar-refractivity contribution >= 4 is 12.6 Å². The molecule has 0 amide bonds. The van der Waals surface area contributed by atoms with Crippen molar-refractivity contribution in [3.05, 3.63) is 193 Å². The molecule has 0 aliphatic heterocycles. The summed E-state index contributed by atoms with van der Waals surface area (Å²) in [6.07, 6.45) is 0. The number of hydrogen-bond acceptors (Lipinski definition) is 1. The van der Waals surface area contributed by atoms with Crippen LogP contribution in [-0.2, 0) is 6.54 Å². The molecule has 0 bridgehead atoms. The zero-order chi connectivity index (χ0) is 31.8. The second-order valence-corrected chi connectivity index (χ2v) is 11.4. The third-order valence-electron chi connectivity index (χ3n) is 8.44. The molecule has 0 aliphatic rings. The summed E-state index contributed by atoms with van der Waals surface area (Å²) in [5, 5.41) is 0. The largest absolute Gasteiger partial charge is 0.261 e. The Morgan fingerprint density at radius 3 is 1.34 bits per heavy atom. The standard InChI is InChI=1S/C45H34N2/c1-46-45(47-32-33-18-7-2-8-19-33)39-29-17-28-38(30-39)41-31-40(34-20-9-3-10-21-34)42(35-22-11-4-12-23-35)44(37-26-15-6-16-27-37)43(41)36-24-13-5-14-25-36/h2-31H,1,32H2/b47-45-. The van der Waals surface area contributed by atoms with Crippen LogP contribution < -0.4 is 0 Å². The van der Waals surface area contributed by atoms with Gasteiger partial charge in [-0.05, 0) is 80.0 Å². The van der Waals surface area contributed by atoms with Crippen LogP contribution in [-0.4, -0.2) is 12.6 Å². The van der Waals surface area contributed by atoms with E-state index in [2.05, 4.69) is 176 Å². The third-order valence-corrected chi connectivity index (χ3v) is 8.44. The number of amidine groups is 1. The molecule has 0 spiro atoms. The van der Waals surface area contributed by atoms with E-state index in [-0.39, 0.29) is 0 Å². The fourth-order valence-corrected chi connectivity index (χ4v) is 6.27. The van der Waals surface area contributed by atoms with E-state index < -0.39 is 0 Å². The molecule has 0 saturated heterocycles. The summed E-state index contributed by atoms with van der Waals surface area (Å²) in [5.74, 6) is 0.629. The smallest absolute Gasteiger partial charge is 0.154 e. The maximum absolute atomic E-state index is 4.87. The normalized spacial score (nSPS) is 11.3. The van der Waals surface area contributed by atoms with Crippen LogP contribution in [0.3, 0.4) is 0 Å². The van der Waals surface area contributed by atoms with Crippen LogP contribution in [0.1, 0.15) is 11.1 Å². The molecule has 7 aromatic rings. The minimum Gasteiger partial charge on any atom is -0.261 e. The molecule has 0 aliphatic carbocycles. The average molecular weight is 603 g/mol. The molecule has 0 unspecified atom stereocenters. The van der Waals surface area contributed by atoms with E-state index in [1.807, 2.05) is 18.2 Å². The average Bonchev–Trinajstić information content (AvgIpc) is 3.16. The molecule has 7 rings (SSSR count). The SMILES string of the molecule is C=N/C(=N\Cc1ccccc1)c1cccc(-c2cc(-c3ccccc3)c(-c3ccccc3)c(-c3ccccc3)c2-c2ccccc2)c1. The highest BCUT2D eigenvalue weighted by atomic mass is 14.9. The van der Waals surface area contributed by atoms with Gasteiger partial charge in [-0.2, -0.15) is 0 Å². The molecule has 2 nitrogen and oxygen atoms in total. The Labute approximate surface area is 277 Å². The minimum atomic E-state index is 0.538. The van der Waals surface area contributed by atoms with Crippen molar-refractivity contribution in [3.8, 4) is 55.6 Å².